The normalized spacial score (nSPS) is 14.9. The van der Waals surface area contributed by atoms with Crippen molar-refractivity contribution >= 4 is 21.8 Å². The van der Waals surface area contributed by atoms with Crippen LogP contribution < -0.4 is 0 Å². The molecular formula is C12H15BrN2O. The lowest BCUT2D eigenvalue weighted by Crippen LogP contribution is -2.33. The first-order valence-corrected chi connectivity index (χ1v) is 6.41. The molecule has 1 aliphatic carbocycles. The van der Waals surface area contributed by atoms with E-state index in [2.05, 4.69) is 20.9 Å². The van der Waals surface area contributed by atoms with Gasteiger partial charge >= 0.3 is 0 Å². The Balaban J connectivity index is 2.12. The van der Waals surface area contributed by atoms with Crippen LogP contribution in [0.25, 0.3) is 0 Å². The third kappa shape index (κ3) is 2.61. The molecule has 0 atom stereocenters. The predicted octanol–water partition coefficient (Wildman–Crippen LogP) is 2.72. The van der Waals surface area contributed by atoms with Crippen LogP contribution in [0.5, 0.6) is 0 Å². The number of hydrogen-bond acceptors (Lipinski definition) is 2. The largest absolute Gasteiger partial charge is 0.337 e. The molecule has 4 heteroatoms. The van der Waals surface area contributed by atoms with E-state index in [9.17, 15) is 4.79 Å². The molecule has 16 heavy (non-hydrogen) atoms. The van der Waals surface area contributed by atoms with Gasteiger partial charge in [-0.2, -0.15) is 0 Å². The van der Waals surface area contributed by atoms with Crippen molar-refractivity contribution in [3.8, 4) is 0 Å². The van der Waals surface area contributed by atoms with Crippen molar-refractivity contribution < 1.29 is 4.79 Å². The fraction of sp³-hybridized carbons (Fsp3) is 0.500. The summed E-state index contributed by atoms with van der Waals surface area (Å²) in [5.74, 6) is 0.744. The van der Waals surface area contributed by atoms with E-state index in [-0.39, 0.29) is 5.91 Å². The summed E-state index contributed by atoms with van der Waals surface area (Å²) in [6.07, 6.45) is 4.17. The minimum absolute atomic E-state index is 0.0295. The van der Waals surface area contributed by atoms with Crippen LogP contribution in [0.2, 0.25) is 0 Å². The molecule has 86 valence electrons. The standard InChI is InChI=1S/C12H15BrN2O/c1-2-15(8-9-5-6-9)12(16)11-10(13)4-3-7-14-11/h3-4,7,9H,2,5-6,8H2,1H3. The van der Waals surface area contributed by atoms with Gasteiger partial charge in [0.2, 0.25) is 0 Å². The van der Waals surface area contributed by atoms with E-state index >= 15 is 0 Å². The van der Waals surface area contributed by atoms with Crippen molar-refractivity contribution in [3.05, 3.63) is 28.5 Å². The summed E-state index contributed by atoms with van der Waals surface area (Å²) in [6.45, 7) is 3.63. The molecule has 1 aromatic heterocycles. The second-order valence-electron chi connectivity index (χ2n) is 4.12. The monoisotopic (exact) mass is 282 g/mol. The Hall–Kier alpha value is -0.900. The molecule has 2 rings (SSSR count). The van der Waals surface area contributed by atoms with Crippen LogP contribution >= 0.6 is 15.9 Å². The minimum atomic E-state index is 0.0295. The van der Waals surface area contributed by atoms with Gasteiger partial charge in [-0.15, -0.1) is 0 Å². The zero-order chi connectivity index (χ0) is 11.5. The van der Waals surface area contributed by atoms with Crippen molar-refractivity contribution in [2.75, 3.05) is 13.1 Å². The topological polar surface area (TPSA) is 33.2 Å². The first kappa shape index (κ1) is 11.6. The lowest BCUT2D eigenvalue weighted by molar-refractivity contribution is 0.0750. The zero-order valence-corrected chi connectivity index (χ0v) is 10.9. The fourth-order valence-electron chi connectivity index (χ4n) is 1.66. The molecule has 1 aromatic rings. The first-order chi connectivity index (χ1) is 7.72. The van der Waals surface area contributed by atoms with E-state index in [0.717, 1.165) is 17.6 Å². The molecule has 1 heterocycles. The van der Waals surface area contributed by atoms with E-state index in [1.807, 2.05) is 24.0 Å². The Bertz CT molecular complexity index is 390. The van der Waals surface area contributed by atoms with Crippen LogP contribution in [0.4, 0.5) is 0 Å². The zero-order valence-electron chi connectivity index (χ0n) is 9.32. The Morgan fingerprint density at radius 3 is 2.94 bits per heavy atom. The highest BCUT2D eigenvalue weighted by molar-refractivity contribution is 9.10. The van der Waals surface area contributed by atoms with Crippen LogP contribution in [-0.4, -0.2) is 28.9 Å². The molecule has 0 unspecified atom stereocenters. The Morgan fingerprint density at radius 2 is 2.38 bits per heavy atom. The first-order valence-electron chi connectivity index (χ1n) is 5.62. The highest BCUT2D eigenvalue weighted by atomic mass is 79.9. The summed E-state index contributed by atoms with van der Waals surface area (Å²) >= 11 is 3.37. The molecule has 1 aliphatic rings. The predicted molar refractivity (Wildman–Crippen MR) is 66.2 cm³/mol. The highest BCUT2D eigenvalue weighted by Gasteiger charge is 2.27. The molecule has 1 fully saturated rings. The maximum atomic E-state index is 12.2. The third-order valence-electron chi connectivity index (χ3n) is 2.81. The SMILES string of the molecule is CCN(CC1CC1)C(=O)c1ncccc1Br. The number of amides is 1. The van der Waals surface area contributed by atoms with Crippen molar-refractivity contribution in [2.24, 2.45) is 5.92 Å². The van der Waals surface area contributed by atoms with Gasteiger partial charge in [0.1, 0.15) is 5.69 Å². The molecule has 0 bridgehead atoms. The summed E-state index contributed by atoms with van der Waals surface area (Å²) in [5, 5.41) is 0. The number of carbonyl (C=O) groups excluding carboxylic acids is 1. The van der Waals surface area contributed by atoms with Gasteiger partial charge in [-0.3, -0.25) is 4.79 Å². The van der Waals surface area contributed by atoms with Crippen LogP contribution in [0, 0.1) is 5.92 Å². The van der Waals surface area contributed by atoms with Crippen molar-refractivity contribution in [3.63, 3.8) is 0 Å². The summed E-state index contributed by atoms with van der Waals surface area (Å²) in [6, 6.07) is 3.67. The fourth-order valence-corrected chi connectivity index (χ4v) is 2.09. The smallest absolute Gasteiger partial charge is 0.273 e. The molecule has 3 nitrogen and oxygen atoms in total. The van der Waals surface area contributed by atoms with Gasteiger partial charge in [-0.1, -0.05) is 0 Å². The van der Waals surface area contributed by atoms with E-state index in [0.29, 0.717) is 11.6 Å². The van der Waals surface area contributed by atoms with E-state index < -0.39 is 0 Å². The van der Waals surface area contributed by atoms with E-state index in [1.165, 1.54) is 12.8 Å². The van der Waals surface area contributed by atoms with Crippen molar-refractivity contribution in [1.29, 1.82) is 0 Å². The van der Waals surface area contributed by atoms with Gasteiger partial charge in [0, 0.05) is 23.8 Å². The quantitative estimate of drug-likeness (QED) is 0.851. The Labute approximate surface area is 104 Å². The molecule has 0 N–H and O–H groups in total. The number of carbonyl (C=O) groups is 1. The average Bonchev–Trinajstić information content (AvgIpc) is 3.09. The van der Waals surface area contributed by atoms with E-state index in [4.69, 9.17) is 0 Å². The lowest BCUT2D eigenvalue weighted by atomic mass is 10.3. The molecule has 0 radical (unpaired) electrons. The summed E-state index contributed by atoms with van der Waals surface area (Å²) in [7, 11) is 0. The lowest BCUT2D eigenvalue weighted by Gasteiger charge is -2.20. The highest BCUT2D eigenvalue weighted by Crippen LogP contribution is 2.30. The second kappa shape index (κ2) is 4.95. The van der Waals surface area contributed by atoms with E-state index in [1.54, 1.807) is 6.20 Å². The maximum absolute atomic E-state index is 12.2. The van der Waals surface area contributed by atoms with Crippen LogP contribution in [0.15, 0.2) is 22.8 Å². The van der Waals surface area contributed by atoms with Crippen LogP contribution in [0.3, 0.4) is 0 Å². The molecule has 0 spiro atoms. The summed E-state index contributed by atoms with van der Waals surface area (Å²) in [4.78, 5) is 18.2. The third-order valence-corrected chi connectivity index (χ3v) is 3.45. The van der Waals surface area contributed by atoms with Gasteiger partial charge in [0.05, 0.1) is 0 Å². The number of pyridine rings is 1. The van der Waals surface area contributed by atoms with Gasteiger partial charge in [0.25, 0.3) is 5.91 Å². The van der Waals surface area contributed by atoms with Crippen molar-refractivity contribution in [2.45, 2.75) is 19.8 Å². The number of halogens is 1. The molecule has 0 aromatic carbocycles. The van der Waals surface area contributed by atoms with Crippen LogP contribution in [-0.2, 0) is 0 Å². The number of nitrogens with zero attached hydrogens (tertiary/aromatic N) is 2. The van der Waals surface area contributed by atoms with Gasteiger partial charge in [0.15, 0.2) is 0 Å². The van der Waals surface area contributed by atoms with Gasteiger partial charge < -0.3 is 4.90 Å². The number of aromatic nitrogens is 1. The second-order valence-corrected chi connectivity index (χ2v) is 4.98. The maximum Gasteiger partial charge on any atom is 0.273 e. The van der Waals surface area contributed by atoms with Crippen molar-refractivity contribution in [1.82, 2.24) is 9.88 Å². The summed E-state index contributed by atoms with van der Waals surface area (Å²) < 4.78 is 0.772. The Kier molecular flexibility index (Phi) is 3.59. The van der Waals surface area contributed by atoms with Gasteiger partial charge in [-0.25, -0.2) is 4.98 Å². The molecule has 0 saturated heterocycles. The molecule has 1 amide bonds. The van der Waals surface area contributed by atoms with Gasteiger partial charge in [-0.05, 0) is 53.7 Å². The summed E-state index contributed by atoms with van der Waals surface area (Å²) in [5.41, 5.74) is 0.519. The Morgan fingerprint density at radius 1 is 1.62 bits per heavy atom. The average molecular weight is 283 g/mol. The minimum Gasteiger partial charge on any atom is -0.337 e. The number of rotatable bonds is 4. The molecule has 0 aliphatic heterocycles. The number of hydrogen-bond donors (Lipinski definition) is 0. The molecular weight excluding hydrogens is 268 g/mol. The molecule has 1 saturated carbocycles. The van der Waals surface area contributed by atoms with Crippen LogP contribution in [0.1, 0.15) is 30.3 Å².